The fourth-order valence-corrected chi connectivity index (χ4v) is 3.69. The molecule has 0 spiro atoms. The molecule has 0 heterocycles. The van der Waals surface area contributed by atoms with E-state index in [0.29, 0.717) is 6.42 Å². The van der Waals surface area contributed by atoms with E-state index in [2.05, 4.69) is 6.92 Å². The van der Waals surface area contributed by atoms with Gasteiger partial charge >= 0.3 is 29.6 Å². The van der Waals surface area contributed by atoms with Crippen molar-refractivity contribution in [2.45, 2.75) is 71.0 Å². The molecule has 1 atom stereocenters. The van der Waals surface area contributed by atoms with Gasteiger partial charge in [0, 0.05) is 0 Å². The van der Waals surface area contributed by atoms with E-state index >= 15 is 0 Å². The molecule has 2 N–H and O–H groups in total. The molecule has 0 saturated carbocycles. The minimum atomic E-state index is -4.38. The molecule has 7 nitrogen and oxygen atoms in total. The normalized spacial score (nSPS) is 13.8. The van der Waals surface area contributed by atoms with E-state index in [1.54, 1.807) is 6.92 Å². The molecule has 0 radical (unpaired) electrons. The summed E-state index contributed by atoms with van der Waals surface area (Å²) in [5.74, 6) is -1.71. The fourth-order valence-electron chi connectivity index (χ4n) is 2.21. The van der Waals surface area contributed by atoms with E-state index in [4.69, 9.17) is 13.8 Å². The van der Waals surface area contributed by atoms with E-state index in [0.717, 1.165) is 19.3 Å². The fraction of sp³-hybridized carbons (Fsp3) is 1.00. The Kier molecular flexibility index (Phi) is 14.8. The third-order valence-corrected chi connectivity index (χ3v) is 4.77. The molecule has 0 aromatic heterocycles. The molecule has 136 valence electrons. The van der Waals surface area contributed by atoms with E-state index < -0.39 is 37.8 Å². The number of rotatable bonds is 13. The van der Waals surface area contributed by atoms with Crippen molar-refractivity contribution in [3.8, 4) is 0 Å². The van der Waals surface area contributed by atoms with Gasteiger partial charge in [-0.1, -0.05) is 45.4 Å². The van der Waals surface area contributed by atoms with Crippen LogP contribution in [0.15, 0.2) is 0 Å². The molecule has 0 rings (SSSR count). The second-order valence-electron chi connectivity index (χ2n) is 5.62. The zero-order valence-electron chi connectivity index (χ0n) is 13.3. The zero-order chi connectivity index (χ0) is 17.2. The van der Waals surface area contributed by atoms with Crippen LogP contribution in [0.2, 0.25) is 0 Å². The van der Waals surface area contributed by atoms with Crippen molar-refractivity contribution in [3.05, 3.63) is 0 Å². The molecule has 0 aliphatic heterocycles. The maximum atomic E-state index is 10.9. The van der Waals surface area contributed by atoms with Crippen molar-refractivity contribution in [3.63, 3.8) is 0 Å². The van der Waals surface area contributed by atoms with Crippen LogP contribution in [0.5, 0.6) is 0 Å². The average molecular weight is 384 g/mol. The maximum absolute atomic E-state index is 10.9. The molecule has 0 amide bonds. The predicted octanol–water partition coefficient (Wildman–Crippen LogP) is 1.64. The van der Waals surface area contributed by atoms with Crippen LogP contribution < -0.4 is 0 Å². The SMILES string of the molecule is CCCCCCCCC(C)OC(CS(=O)(=O)O)CS(=O)(=O)O.[NaH]. The molecular weight excluding hydrogens is 355 g/mol. The number of ether oxygens (including phenoxy) is 1. The van der Waals surface area contributed by atoms with Gasteiger partial charge in [-0.05, 0) is 13.3 Å². The first-order valence-corrected chi connectivity index (χ1v) is 10.8. The van der Waals surface area contributed by atoms with Crippen LogP contribution in [0.25, 0.3) is 0 Å². The Hall–Kier alpha value is 0.780. The van der Waals surface area contributed by atoms with Gasteiger partial charge in [-0.3, -0.25) is 9.11 Å². The average Bonchev–Trinajstić information content (AvgIpc) is 2.29. The van der Waals surface area contributed by atoms with Crippen molar-refractivity contribution in [2.24, 2.45) is 0 Å². The minimum absolute atomic E-state index is 0. The third kappa shape index (κ3) is 19.0. The van der Waals surface area contributed by atoms with E-state index in [1.165, 1.54) is 19.3 Å². The monoisotopic (exact) mass is 384 g/mol. The van der Waals surface area contributed by atoms with Crippen molar-refractivity contribution in [1.82, 2.24) is 0 Å². The third-order valence-electron chi connectivity index (χ3n) is 3.18. The van der Waals surface area contributed by atoms with E-state index in [-0.39, 0.29) is 35.7 Å². The standard InChI is InChI=1S/C13H28O7S2.Na.H/c1-3-4-5-6-7-8-9-12(2)20-13(10-21(14,15)16)11-22(17,18)19;;/h12-13H,3-11H2,1-2H3,(H,14,15,16)(H,17,18,19);;. The molecule has 0 saturated heterocycles. The Morgan fingerprint density at radius 2 is 1.30 bits per heavy atom. The summed E-state index contributed by atoms with van der Waals surface area (Å²) in [5.41, 5.74) is 0. The van der Waals surface area contributed by atoms with Crippen molar-refractivity contribution >= 4 is 49.8 Å². The Morgan fingerprint density at radius 3 is 1.74 bits per heavy atom. The van der Waals surface area contributed by atoms with Gasteiger partial charge in [0.1, 0.15) is 11.5 Å². The molecule has 0 aliphatic carbocycles. The van der Waals surface area contributed by atoms with Crippen LogP contribution in [0.3, 0.4) is 0 Å². The summed E-state index contributed by atoms with van der Waals surface area (Å²) in [6.45, 7) is 3.85. The second kappa shape index (κ2) is 13.0. The number of hydrogen-bond donors (Lipinski definition) is 2. The Balaban J connectivity index is 0. The molecule has 1 unspecified atom stereocenters. The predicted molar refractivity (Wildman–Crippen MR) is 92.3 cm³/mol. The second-order valence-corrected chi connectivity index (χ2v) is 8.62. The summed E-state index contributed by atoms with van der Waals surface area (Å²) in [6, 6.07) is 0. The number of unbranched alkanes of at least 4 members (excludes halogenated alkanes) is 5. The Labute approximate surface area is 162 Å². The quantitative estimate of drug-likeness (QED) is 0.281. The van der Waals surface area contributed by atoms with Gasteiger partial charge in [0.15, 0.2) is 0 Å². The summed E-state index contributed by atoms with van der Waals surface area (Å²) in [4.78, 5) is 0. The Bertz CT molecular complexity index is 456. The molecular formula is C13H29NaO7S2. The van der Waals surface area contributed by atoms with Gasteiger partial charge in [-0.2, -0.15) is 16.8 Å². The van der Waals surface area contributed by atoms with Crippen LogP contribution >= 0.6 is 0 Å². The molecule has 0 aliphatic rings. The van der Waals surface area contributed by atoms with Crippen LogP contribution in [-0.4, -0.2) is 79.2 Å². The molecule has 0 aromatic rings. The van der Waals surface area contributed by atoms with Gasteiger partial charge in [0.05, 0.1) is 12.2 Å². The number of hydrogen-bond acceptors (Lipinski definition) is 5. The van der Waals surface area contributed by atoms with Crippen molar-refractivity contribution in [2.75, 3.05) is 11.5 Å². The summed E-state index contributed by atoms with van der Waals surface area (Å²) in [7, 11) is -8.75. The summed E-state index contributed by atoms with van der Waals surface area (Å²) < 4.78 is 66.4. The first-order chi connectivity index (χ1) is 10.0. The van der Waals surface area contributed by atoms with E-state index in [1.807, 2.05) is 0 Å². The summed E-state index contributed by atoms with van der Waals surface area (Å²) in [5, 5.41) is 0. The zero-order valence-corrected chi connectivity index (χ0v) is 14.9. The Morgan fingerprint density at radius 1 is 0.870 bits per heavy atom. The van der Waals surface area contributed by atoms with Crippen LogP contribution in [-0.2, 0) is 25.0 Å². The molecule has 23 heavy (non-hydrogen) atoms. The van der Waals surface area contributed by atoms with Crippen molar-refractivity contribution in [1.29, 1.82) is 0 Å². The van der Waals surface area contributed by atoms with Gasteiger partial charge in [0.25, 0.3) is 20.2 Å². The molecule has 0 aromatic carbocycles. The topological polar surface area (TPSA) is 118 Å². The van der Waals surface area contributed by atoms with Gasteiger partial charge < -0.3 is 4.74 Å². The van der Waals surface area contributed by atoms with Crippen molar-refractivity contribution < 1.29 is 30.7 Å². The molecule has 0 bridgehead atoms. The van der Waals surface area contributed by atoms with E-state index in [9.17, 15) is 16.8 Å². The van der Waals surface area contributed by atoms with Gasteiger partial charge in [-0.25, -0.2) is 0 Å². The van der Waals surface area contributed by atoms with Gasteiger partial charge in [0.2, 0.25) is 0 Å². The molecule has 0 fully saturated rings. The first-order valence-electron chi connectivity index (χ1n) is 7.59. The first kappa shape index (κ1) is 26.0. The van der Waals surface area contributed by atoms with Crippen LogP contribution in [0, 0.1) is 0 Å². The summed E-state index contributed by atoms with van der Waals surface area (Å²) >= 11 is 0. The summed E-state index contributed by atoms with van der Waals surface area (Å²) in [6.07, 6.45) is 5.66. The molecule has 10 heteroatoms. The van der Waals surface area contributed by atoms with Crippen LogP contribution in [0.4, 0.5) is 0 Å². The van der Waals surface area contributed by atoms with Gasteiger partial charge in [-0.15, -0.1) is 0 Å². The van der Waals surface area contributed by atoms with Crippen LogP contribution in [0.1, 0.15) is 58.8 Å².